The van der Waals surface area contributed by atoms with Crippen LogP contribution in [0.25, 0.3) is 0 Å². The van der Waals surface area contributed by atoms with E-state index in [4.69, 9.17) is 14.2 Å². The van der Waals surface area contributed by atoms with Crippen molar-refractivity contribution in [2.24, 2.45) is 0 Å². The van der Waals surface area contributed by atoms with Gasteiger partial charge in [0.05, 0.1) is 19.8 Å². The third kappa shape index (κ3) is 7.76. The van der Waals surface area contributed by atoms with Crippen molar-refractivity contribution in [3.8, 4) is 0 Å². The predicted molar refractivity (Wildman–Crippen MR) is 127 cm³/mol. The number of piperidine rings is 1. The van der Waals surface area contributed by atoms with Crippen molar-refractivity contribution in [2.75, 3.05) is 33.0 Å². The molecule has 1 aromatic rings. The molecule has 3 rings (SSSR count). The van der Waals surface area contributed by atoms with Gasteiger partial charge in [0.15, 0.2) is 0 Å². The highest BCUT2D eigenvalue weighted by atomic mass is 16.6. The smallest absolute Gasteiger partial charge is 0.407 e. The van der Waals surface area contributed by atoms with Crippen LogP contribution in [0.4, 0.5) is 4.79 Å². The number of rotatable bonds is 11. The Morgan fingerprint density at radius 2 is 1.86 bits per heavy atom. The summed E-state index contributed by atoms with van der Waals surface area (Å²) < 4.78 is 16.2. The summed E-state index contributed by atoms with van der Waals surface area (Å²) in [6.07, 6.45) is 1.66. The molecule has 1 aromatic carbocycles. The Hall–Kier alpha value is -2.98. The maximum absolute atomic E-state index is 12.9. The van der Waals surface area contributed by atoms with Crippen LogP contribution in [0.5, 0.6) is 0 Å². The molecule has 35 heavy (non-hydrogen) atoms. The van der Waals surface area contributed by atoms with E-state index in [9.17, 15) is 19.2 Å². The van der Waals surface area contributed by atoms with E-state index in [1.165, 1.54) is 0 Å². The molecule has 1 atom stereocenters. The molecule has 0 radical (unpaired) electrons. The highest BCUT2D eigenvalue weighted by Crippen LogP contribution is 2.30. The molecule has 1 fully saturated rings. The van der Waals surface area contributed by atoms with Gasteiger partial charge in [0.25, 0.3) is 5.91 Å². The van der Waals surface area contributed by atoms with Crippen molar-refractivity contribution in [1.29, 1.82) is 0 Å². The van der Waals surface area contributed by atoms with Gasteiger partial charge in [-0.1, -0.05) is 12.1 Å². The Kier molecular flexibility index (Phi) is 9.22. The van der Waals surface area contributed by atoms with Crippen LogP contribution in [0.15, 0.2) is 18.2 Å². The average Bonchev–Trinajstić information content (AvgIpc) is 3.11. The van der Waals surface area contributed by atoms with Gasteiger partial charge < -0.3 is 24.4 Å². The van der Waals surface area contributed by atoms with Gasteiger partial charge in [-0.05, 0) is 57.2 Å². The zero-order valence-electron chi connectivity index (χ0n) is 20.7. The zero-order chi connectivity index (χ0) is 25.4. The third-order valence-electron chi connectivity index (χ3n) is 5.70. The second-order valence-electron chi connectivity index (χ2n) is 9.60. The minimum atomic E-state index is -0.608. The third-order valence-corrected chi connectivity index (χ3v) is 5.70. The van der Waals surface area contributed by atoms with Gasteiger partial charge in [-0.15, -0.1) is 0 Å². The lowest BCUT2D eigenvalue weighted by Crippen LogP contribution is -2.52. The second kappa shape index (κ2) is 12.1. The maximum Gasteiger partial charge on any atom is 0.407 e. The molecule has 2 N–H and O–H groups in total. The molecule has 1 saturated heterocycles. The van der Waals surface area contributed by atoms with Crippen LogP contribution in [-0.4, -0.2) is 73.3 Å². The number of ether oxygens (including phenoxy) is 3. The number of carbonyl (C=O) groups is 4. The van der Waals surface area contributed by atoms with E-state index in [1.54, 1.807) is 31.7 Å². The van der Waals surface area contributed by atoms with Crippen LogP contribution in [0, 0.1) is 0 Å². The van der Waals surface area contributed by atoms with E-state index >= 15 is 0 Å². The number of carbonyl (C=O) groups excluding carboxylic acids is 4. The first-order chi connectivity index (χ1) is 16.7. The summed E-state index contributed by atoms with van der Waals surface area (Å²) in [6, 6.07) is 5.04. The number of aryl methyl sites for hydroxylation is 1. The van der Waals surface area contributed by atoms with Crippen LogP contribution in [0.2, 0.25) is 0 Å². The molecule has 0 saturated carbocycles. The minimum Gasteiger partial charge on any atom is -0.444 e. The lowest BCUT2D eigenvalue weighted by Gasteiger charge is -2.29. The Bertz CT molecular complexity index is 941. The first-order valence-electron chi connectivity index (χ1n) is 12.0. The van der Waals surface area contributed by atoms with Crippen LogP contribution in [-0.2, 0) is 36.8 Å². The topological polar surface area (TPSA) is 123 Å². The Labute approximate surface area is 205 Å². The Balaban J connectivity index is 1.33. The van der Waals surface area contributed by atoms with E-state index in [0.717, 1.165) is 24.0 Å². The molecule has 192 valence electrons. The fourth-order valence-electron chi connectivity index (χ4n) is 4.11. The number of nitrogens with one attached hydrogen (secondary N) is 2. The lowest BCUT2D eigenvalue weighted by atomic mass is 10.00. The Morgan fingerprint density at radius 1 is 1.11 bits per heavy atom. The fourth-order valence-corrected chi connectivity index (χ4v) is 4.11. The number of hydrogen-bond acceptors (Lipinski definition) is 7. The average molecular weight is 490 g/mol. The normalized spacial score (nSPS) is 17.9. The monoisotopic (exact) mass is 489 g/mol. The molecule has 0 aromatic heterocycles. The molecule has 10 heteroatoms. The van der Waals surface area contributed by atoms with E-state index in [1.807, 2.05) is 12.1 Å². The van der Waals surface area contributed by atoms with Crippen molar-refractivity contribution >= 4 is 23.8 Å². The molecular weight excluding hydrogens is 454 g/mol. The molecule has 4 amide bonds. The van der Waals surface area contributed by atoms with E-state index in [-0.39, 0.29) is 18.2 Å². The lowest BCUT2D eigenvalue weighted by molar-refractivity contribution is -0.136. The van der Waals surface area contributed by atoms with Gasteiger partial charge >= 0.3 is 6.09 Å². The van der Waals surface area contributed by atoms with Crippen LogP contribution < -0.4 is 10.6 Å². The van der Waals surface area contributed by atoms with E-state index in [0.29, 0.717) is 51.5 Å². The molecule has 1 unspecified atom stereocenters. The molecule has 0 bridgehead atoms. The number of imide groups is 1. The van der Waals surface area contributed by atoms with Gasteiger partial charge in [0.1, 0.15) is 11.6 Å². The van der Waals surface area contributed by atoms with Gasteiger partial charge in [-0.2, -0.15) is 0 Å². The summed E-state index contributed by atoms with van der Waals surface area (Å²) in [5, 5.41) is 4.96. The maximum atomic E-state index is 12.9. The summed E-state index contributed by atoms with van der Waals surface area (Å²) >= 11 is 0. The summed E-state index contributed by atoms with van der Waals surface area (Å²) in [4.78, 5) is 49.7. The predicted octanol–water partition coefficient (Wildman–Crippen LogP) is 1.94. The van der Waals surface area contributed by atoms with Gasteiger partial charge in [0.2, 0.25) is 11.8 Å². The van der Waals surface area contributed by atoms with E-state index in [2.05, 4.69) is 10.6 Å². The van der Waals surface area contributed by atoms with Crippen molar-refractivity contribution in [3.63, 3.8) is 0 Å². The SMILES string of the molecule is CC(C)(C)OC(=O)NCCOCCOCCCc1cccc2c1CN(C1CCC(=O)NC1=O)C2=O. The minimum absolute atomic E-state index is 0.161. The first kappa shape index (κ1) is 26.6. The number of fused-ring (bicyclic) bond motifs is 1. The fraction of sp³-hybridized carbons (Fsp3) is 0.600. The highest BCUT2D eigenvalue weighted by Gasteiger charge is 2.39. The second-order valence-corrected chi connectivity index (χ2v) is 9.60. The Morgan fingerprint density at radius 3 is 2.57 bits per heavy atom. The quantitative estimate of drug-likeness (QED) is 0.360. The highest BCUT2D eigenvalue weighted by molar-refractivity contribution is 6.05. The van der Waals surface area contributed by atoms with Crippen molar-refractivity contribution < 1.29 is 33.4 Å². The van der Waals surface area contributed by atoms with Crippen LogP contribution >= 0.6 is 0 Å². The van der Waals surface area contributed by atoms with E-state index < -0.39 is 23.6 Å². The zero-order valence-corrected chi connectivity index (χ0v) is 20.7. The largest absolute Gasteiger partial charge is 0.444 e. The number of nitrogens with zero attached hydrogens (tertiary/aromatic N) is 1. The van der Waals surface area contributed by atoms with Crippen molar-refractivity contribution in [3.05, 3.63) is 34.9 Å². The molecule has 10 nitrogen and oxygen atoms in total. The molecule has 2 heterocycles. The molecule has 2 aliphatic heterocycles. The summed E-state index contributed by atoms with van der Waals surface area (Å²) in [6.45, 7) is 7.95. The first-order valence-corrected chi connectivity index (χ1v) is 12.0. The summed E-state index contributed by atoms with van der Waals surface area (Å²) in [5.74, 6) is -0.856. The summed E-state index contributed by atoms with van der Waals surface area (Å²) in [7, 11) is 0. The van der Waals surface area contributed by atoms with Crippen LogP contribution in [0.1, 0.15) is 61.5 Å². The van der Waals surface area contributed by atoms with Crippen LogP contribution in [0.3, 0.4) is 0 Å². The number of benzene rings is 1. The molecule has 2 aliphatic rings. The number of alkyl carbamates (subject to hydrolysis) is 1. The molecule has 0 spiro atoms. The van der Waals surface area contributed by atoms with Gasteiger partial charge in [0, 0.05) is 31.7 Å². The number of amides is 4. The van der Waals surface area contributed by atoms with Gasteiger partial charge in [-0.25, -0.2) is 4.79 Å². The molecular formula is C25H35N3O7. The van der Waals surface area contributed by atoms with Crippen molar-refractivity contribution in [1.82, 2.24) is 15.5 Å². The molecule has 0 aliphatic carbocycles. The summed E-state index contributed by atoms with van der Waals surface area (Å²) in [5.41, 5.74) is 2.12. The standard InChI is InChI=1S/C25H35N3O7/c1-25(2,3)35-24(32)26-11-13-34-15-14-33-12-5-7-17-6-4-8-18-19(17)16-28(23(18)31)20-9-10-21(29)27-22(20)30/h4,6,8,20H,5,7,9-16H2,1-3H3,(H,26,32)(H,27,29,30). The van der Waals surface area contributed by atoms with Crippen molar-refractivity contribution in [2.45, 2.75) is 64.6 Å². The van der Waals surface area contributed by atoms with Gasteiger partial charge in [-0.3, -0.25) is 19.7 Å². The number of hydrogen-bond donors (Lipinski definition) is 2.